The molecule has 1 aliphatic heterocycles. The minimum Gasteiger partial charge on any atom is -0.489 e. The number of piperazine rings is 1. The van der Waals surface area contributed by atoms with Gasteiger partial charge in [-0.3, -0.25) is 9.59 Å². The Hall–Kier alpha value is -2.82. The number of para-hydroxylation sites is 1. The van der Waals surface area contributed by atoms with Gasteiger partial charge in [-0.05, 0) is 18.2 Å². The number of rotatable bonds is 4. The van der Waals surface area contributed by atoms with Gasteiger partial charge in [0.2, 0.25) is 5.91 Å². The highest BCUT2D eigenvalue weighted by atomic mass is 16.5. The third-order valence-corrected chi connectivity index (χ3v) is 3.71. The van der Waals surface area contributed by atoms with Crippen molar-refractivity contribution >= 4 is 11.8 Å². The van der Waals surface area contributed by atoms with Crippen molar-refractivity contribution in [3.8, 4) is 5.75 Å². The fourth-order valence-corrected chi connectivity index (χ4v) is 2.51. The van der Waals surface area contributed by atoms with Gasteiger partial charge in [0, 0.05) is 24.2 Å². The predicted molar refractivity (Wildman–Crippen MR) is 86.1 cm³/mol. The van der Waals surface area contributed by atoms with E-state index in [2.05, 4.69) is 5.32 Å². The number of carbonyl (C=O) groups is 2. The van der Waals surface area contributed by atoms with Crippen molar-refractivity contribution in [3.05, 3.63) is 65.7 Å². The molecule has 0 radical (unpaired) electrons. The highest BCUT2D eigenvalue weighted by Crippen LogP contribution is 2.16. The van der Waals surface area contributed by atoms with Crippen molar-refractivity contribution in [2.24, 2.45) is 0 Å². The van der Waals surface area contributed by atoms with Crippen LogP contribution in [0.4, 0.5) is 0 Å². The van der Waals surface area contributed by atoms with E-state index >= 15 is 0 Å². The number of amides is 2. The van der Waals surface area contributed by atoms with E-state index in [1.54, 1.807) is 11.0 Å². The lowest BCUT2D eigenvalue weighted by Gasteiger charge is -2.27. The fourth-order valence-electron chi connectivity index (χ4n) is 2.51. The zero-order chi connectivity index (χ0) is 16.1. The minimum atomic E-state index is -0.132. The van der Waals surface area contributed by atoms with Gasteiger partial charge in [0.15, 0.2) is 0 Å². The van der Waals surface area contributed by atoms with Crippen molar-refractivity contribution in [3.63, 3.8) is 0 Å². The number of nitrogens with zero attached hydrogens (tertiary/aromatic N) is 1. The van der Waals surface area contributed by atoms with Crippen molar-refractivity contribution < 1.29 is 14.3 Å². The molecule has 1 fully saturated rings. The molecule has 2 amide bonds. The van der Waals surface area contributed by atoms with E-state index < -0.39 is 0 Å². The first-order valence-corrected chi connectivity index (χ1v) is 7.56. The Morgan fingerprint density at radius 1 is 1.09 bits per heavy atom. The standard InChI is InChI=1S/C18H18N2O3/c21-17-12-20(11-10-19-17)18(22)16-9-5-4-6-14(16)13-23-15-7-2-1-3-8-15/h1-9H,10-13H2,(H,19,21). The van der Waals surface area contributed by atoms with Crippen LogP contribution in [0.1, 0.15) is 15.9 Å². The first kappa shape index (κ1) is 15.1. The topological polar surface area (TPSA) is 58.6 Å². The second-order valence-corrected chi connectivity index (χ2v) is 5.34. The molecule has 2 aromatic rings. The molecule has 0 saturated carbocycles. The average molecular weight is 310 g/mol. The molecule has 2 aromatic carbocycles. The summed E-state index contributed by atoms with van der Waals surface area (Å²) < 4.78 is 5.74. The zero-order valence-corrected chi connectivity index (χ0v) is 12.7. The third-order valence-electron chi connectivity index (χ3n) is 3.71. The molecule has 0 aliphatic carbocycles. The van der Waals surface area contributed by atoms with Gasteiger partial charge < -0.3 is 15.0 Å². The summed E-state index contributed by atoms with van der Waals surface area (Å²) >= 11 is 0. The molecule has 0 aromatic heterocycles. The van der Waals surface area contributed by atoms with Crippen LogP contribution in [0.2, 0.25) is 0 Å². The van der Waals surface area contributed by atoms with E-state index in [4.69, 9.17) is 4.74 Å². The van der Waals surface area contributed by atoms with Gasteiger partial charge in [0.25, 0.3) is 5.91 Å². The van der Waals surface area contributed by atoms with Crippen LogP contribution < -0.4 is 10.1 Å². The van der Waals surface area contributed by atoms with E-state index in [0.29, 0.717) is 25.3 Å². The largest absolute Gasteiger partial charge is 0.489 e. The van der Waals surface area contributed by atoms with E-state index in [0.717, 1.165) is 11.3 Å². The van der Waals surface area contributed by atoms with E-state index in [-0.39, 0.29) is 18.4 Å². The molecule has 1 aliphatic rings. The van der Waals surface area contributed by atoms with Crippen LogP contribution >= 0.6 is 0 Å². The molecule has 1 heterocycles. The first-order chi connectivity index (χ1) is 11.2. The summed E-state index contributed by atoms with van der Waals surface area (Å²) in [6.45, 7) is 1.43. The van der Waals surface area contributed by atoms with Crippen LogP contribution in [0.5, 0.6) is 5.75 Å². The van der Waals surface area contributed by atoms with Gasteiger partial charge in [-0.15, -0.1) is 0 Å². The fraction of sp³-hybridized carbons (Fsp3) is 0.222. The van der Waals surface area contributed by atoms with Gasteiger partial charge in [-0.1, -0.05) is 36.4 Å². The maximum absolute atomic E-state index is 12.7. The quantitative estimate of drug-likeness (QED) is 0.937. The highest BCUT2D eigenvalue weighted by Gasteiger charge is 2.23. The summed E-state index contributed by atoms with van der Waals surface area (Å²) in [4.78, 5) is 25.7. The van der Waals surface area contributed by atoms with Crippen molar-refractivity contribution in [2.75, 3.05) is 19.6 Å². The van der Waals surface area contributed by atoms with E-state index in [9.17, 15) is 9.59 Å². The number of ether oxygens (including phenoxy) is 1. The van der Waals surface area contributed by atoms with Crippen LogP contribution in [0, 0.1) is 0 Å². The van der Waals surface area contributed by atoms with Crippen LogP contribution in [0.3, 0.4) is 0 Å². The normalized spacial score (nSPS) is 14.3. The Balaban J connectivity index is 1.74. The summed E-state index contributed by atoms with van der Waals surface area (Å²) in [5, 5.41) is 2.72. The van der Waals surface area contributed by atoms with Crippen molar-refractivity contribution in [1.29, 1.82) is 0 Å². The van der Waals surface area contributed by atoms with E-state index in [1.165, 1.54) is 0 Å². The van der Waals surface area contributed by atoms with Gasteiger partial charge in [-0.2, -0.15) is 0 Å². The molecule has 0 atom stereocenters. The number of benzene rings is 2. The second-order valence-electron chi connectivity index (χ2n) is 5.34. The summed E-state index contributed by atoms with van der Waals surface area (Å²) in [6, 6.07) is 16.8. The third kappa shape index (κ3) is 3.69. The predicted octanol–water partition coefficient (Wildman–Crippen LogP) is 1.84. The molecule has 118 valence electrons. The Morgan fingerprint density at radius 2 is 1.83 bits per heavy atom. The lowest BCUT2D eigenvalue weighted by Crippen LogP contribution is -2.50. The van der Waals surface area contributed by atoms with E-state index in [1.807, 2.05) is 48.5 Å². The first-order valence-electron chi connectivity index (χ1n) is 7.56. The Labute approximate surface area is 134 Å². The van der Waals surface area contributed by atoms with Gasteiger partial charge >= 0.3 is 0 Å². The second kappa shape index (κ2) is 6.96. The van der Waals surface area contributed by atoms with Crippen LogP contribution in [0.25, 0.3) is 0 Å². The Kier molecular flexibility index (Phi) is 4.57. The van der Waals surface area contributed by atoms with Crippen LogP contribution in [-0.4, -0.2) is 36.3 Å². The lowest BCUT2D eigenvalue weighted by atomic mass is 10.1. The van der Waals surface area contributed by atoms with Gasteiger partial charge in [0.05, 0.1) is 6.54 Å². The minimum absolute atomic E-state index is 0.104. The Bertz CT molecular complexity index is 700. The molecular weight excluding hydrogens is 292 g/mol. The number of nitrogens with one attached hydrogen (secondary N) is 1. The molecule has 1 N–H and O–H groups in total. The molecule has 1 saturated heterocycles. The SMILES string of the molecule is O=C1CN(C(=O)c2ccccc2COc2ccccc2)CCN1. The van der Waals surface area contributed by atoms with Crippen molar-refractivity contribution in [1.82, 2.24) is 10.2 Å². The summed E-state index contributed by atoms with van der Waals surface area (Å²) in [7, 11) is 0. The smallest absolute Gasteiger partial charge is 0.254 e. The molecule has 5 nitrogen and oxygen atoms in total. The van der Waals surface area contributed by atoms with Gasteiger partial charge in [0.1, 0.15) is 12.4 Å². The molecule has 5 heteroatoms. The zero-order valence-electron chi connectivity index (χ0n) is 12.7. The Morgan fingerprint density at radius 3 is 2.61 bits per heavy atom. The summed E-state index contributed by atoms with van der Waals surface area (Å²) in [5.41, 5.74) is 1.39. The van der Waals surface area contributed by atoms with Crippen LogP contribution in [0.15, 0.2) is 54.6 Å². The number of carbonyl (C=O) groups excluding carboxylic acids is 2. The molecular formula is C18H18N2O3. The maximum atomic E-state index is 12.7. The highest BCUT2D eigenvalue weighted by molar-refractivity contribution is 5.98. The number of hydrogen-bond donors (Lipinski definition) is 1. The number of hydrogen-bond acceptors (Lipinski definition) is 3. The average Bonchev–Trinajstić information content (AvgIpc) is 2.60. The van der Waals surface area contributed by atoms with Crippen molar-refractivity contribution in [2.45, 2.75) is 6.61 Å². The van der Waals surface area contributed by atoms with Crippen LogP contribution in [-0.2, 0) is 11.4 Å². The van der Waals surface area contributed by atoms with Gasteiger partial charge in [-0.25, -0.2) is 0 Å². The lowest BCUT2D eigenvalue weighted by molar-refractivity contribution is -0.123. The molecule has 0 spiro atoms. The monoisotopic (exact) mass is 310 g/mol. The molecule has 3 rings (SSSR count). The maximum Gasteiger partial charge on any atom is 0.254 e. The molecule has 0 bridgehead atoms. The summed E-state index contributed by atoms with van der Waals surface area (Å²) in [5.74, 6) is 0.502. The molecule has 23 heavy (non-hydrogen) atoms. The molecule has 0 unspecified atom stereocenters. The summed E-state index contributed by atoms with van der Waals surface area (Å²) in [6.07, 6.45) is 0.